The summed E-state index contributed by atoms with van der Waals surface area (Å²) in [6.07, 6.45) is 4.09. The van der Waals surface area contributed by atoms with Crippen LogP contribution in [0.1, 0.15) is 25.7 Å². The van der Waals surface area contributed by atoms with E-state index in [0.29, 0.717) is 29.4 Å². The van der Waals surface area contributed by atoms with Crippen LogP contribution >= 0.6 is 11.6 Å². The zero-order chi connectivity index (χ0) is 22.6. The fraction of sp³-hybridized carbons (Fsp3) is 0.391. The van der Waals surface area contributed by atoms with Gasteiger partial charge in [-0.15, -0.1) is 0 Å². The fourth-order valence-electron chi connectivity index (χ4n) is 4.15. The summed E-state index contributed by atoms with van der Waals surface area (Å²) in [4.78, 5) is 9.46. The van der Waals surface area contributed by atoms with Crippen LogP contribution in [0.15, 0.2) is 53.4 Å². The van der Waals surface area contributed by atoms with E-state index >= 15 is 0 Å². The van der Waals surface area contributed by atoms with Crippen LogP contribution in [0, 0.1) is 11.8 Å². The molecule has 0 spiro atoms. The Morgan fingerprint density at radius 2 is 1.59 bits per heavy atom. The lowest BCUT2D eigenvalue weighted by atomic mass is 9.82. The summed E-state index contributed by atoms with van der Waals surface area (Å²) in [5, 5.41) is 8.06. The third-order valence-corrected chi connectivity index (χ3v) is 7.73. The highest BCUT2D eigenvalue weighted by Crippen LogP contribution is 2.29. The first kappa shape index (κ1) is 22.8. The van der Waals surface area contributed by atoms with E-state index in [2.05, 4.69) is 25.3 Å². The van der Waals surface area contributed by atoms with Crippen LogP contribution in [-0.2, 0) is 10.0 Å². The molecule has 7 nitrogen and oxygen atoms in total. The number of para-hydroxylation sites is 1. The van der Waals surface area contributed by atoms with Crippen molar-refractivity contribution in [2.45, 2.75) is 30.6 Å². The van der Waals surface area contributed by atoms with E-state index in [1.807, 2.05) is 31.3 Å². The van der Waals surface area contributed by atoms with E-state index in [4.69, 9.17) is 11.6 Å². The van der Waals surface area contributed by atoms with Gasteiger partial charge in [-0.2, -0.15) is 4.98 Å². The lowest BCUT2D eigenvalue weighted by Crippen LogP contribution is -2.32. The molecule has 1 aliphatic rings. The van der Waals surface area contributed by atoms with Gasteiger partial charge in [0.05, 0.1) is 10.4 Å². The second-order valence-electron chi connectivity index (χ2n) is 8.24. The zero-order valence-electron chi connectivity index (χ0n) is 18.0. The molecule has 0 unspecified atom stereocenters. The molecule has 1 saturated carbocycles. The molecule has 9 heteroatoms. The minimum Gasteiger partial charge on any atom is -0.372 e. The smallest absolute Gasteiger partial charge is 0.240 e. The standard InChI is InChI=1S/C23H28ClN5O2S/c1-25-22-20-4-2-3-5-21(20)28-23(29-22)26-14-16-6-8-17(9-7-16)15-27-32(30,31)19-12-10-18(24)11-13-19/h2-5,10-13,16-17,27H,6-9,14-15H2,1H3,(H2,25,26,28,29)/t16-,17-. The number of halogens is 1. The number of anilines is 2. The van der Waals surface area contributed by atoms with Gasteiger partial charge in [0.25, 0.3) is 0 Å². The van der Waals surface area contributed by atoms with Gasteiger partial charge in [-0.3, -0.25) is 0 Å². The van der Waals surface area contributed by atoms with Crippen molar-refractivity contribution in [3.8, 4) is 0 Å². The van der Waals surface area contributed by atoms with Crippen LogP contribution in [0.4, 0.5) is 11.8 Å². The minimum absolute atomic E-state index is 0.246. The molecule has 0 saturated heterocycles. The van der Waals surface area contributed by atoms with Crippen molar-refractivity contribution in [1.29, 1.82) is 0 Å². The van der Waals surface area contributed by atoms with Gasteiger partial charge < -0.3 is 10.6 Å². The molecule has 3 N–H and O–H groups in total. The van der Waals surface area contributed by atoms with Gasteiger partial charge in [-0.25, -0.2) is 18.1 Å². The molecular formula is C23H28ClN5O2S. The molecule has 1 fully saturated rings. The highest BCUT2D eigenvalue weighted by atomic mass is 35.5. The Kier molecular flexibility index (Phi) is 7.13. The van der Waals surface area contributed by atoms with Crippen molar-refractivity contribution in [1.82, 2.24) is 14.7 Å². The molecule has 2 aromatic carbocycles. The predicted molar refractivity (Wildman–Crippen MR) is 130 cm³/mol. The third-order valence-electron chi connectivity index (χ3n) is 6.04. The monoisotopic (exact) mass is 473 g/mol. The number of rotatable bonds is 8. The Morgan fingerprint density at radius 3 is 2.28 bits per heavy atom. The van der Waals surface area contributed by atoms with E-state index in [9.17, 15) is 8.42 Å². The summed E-state index contributed by atoms with van der Waals surface area (Å²) >= 11 is 5.85. The Bertz CT molecular complexity index is 1160. The van der Waals surface area contributed by atoms with Gasteiger partial charge in [0.1, 0.15) is 5.82 Å². The van der Waals surface area contributed by atoms with Crippen LogP contribution in [0.25, 0.3) is 10.9 Å². The molecule has 1 aromatic heterocycles. The first-order valence-electron chi connectivity index (χ1n) is 10.9. The second kappa shape index (κ2) is 10.0. The van der Waals surface area contributed by atoms with Crippen LogP contribution in [0.2, 0.25) is 5.02 Å². The van der Waals surface area contributed by atoms with Crippen LogP contribution in [0.3, 0.4) is 0 Å². The summed E-state index contributed by atoms with van der Waals surface area (Å²) in [7, 11) is -1.64. The summed E-state index contributed by atoms with van der Waals surface area (Å²) in [5.74, 6) is 2.31. The third kappa shape index (κ3) is 5.49. The first-order chi connectivity index (χ1) is 15.4. The molecule has 0 bridgehead atoms. The average Bonchev–Trinajstić information content (AvgIpc) is 2.82. The largest absolute Gasteiger partial charge is 0.372 e. The van der Waals surface area contributed by atoms with E-state index in [-0.39, 0.29) is 4.90 Å². The number of sulfonamides is 1. The Morgan fingerprint density at radius 1 is 0.938 bits per heavy atom. The molecule has 3 aromatic rings. The fourth-order valence-corrected chi connectivity index (χ4v) is 5.39. The topological polar surface area (TPSA) is 96.0 Å². The molecule has 1 heterocycles. The summed E-state index contributed by atoms with van der Waals surface area (Å²) in [6, 6.07) is 14.2. The van der Waals surface area contributed by atoms with Crippen molar-refractivity contribution < 1.29 is 8.42 Å². The number of hydrogen-bond acceptors (Lipinski definition) is 6. The van der Waals surface area contributed by atoms with Crippen molar-refractivity contribution in [3.05, 3.63) is 53.6 Å². The number of aromatic nitrogens is 2. The average molecular weight is 474 g/mol. The SMILES string of the molecule is CNc1nc(NC[C@H]2CC[C@H](CNS(=O)(=O)c3ccc(Cl)cc3)CC2)nc2ccccc12. The van der Waals surface area contributed by atoms with E-state index < -0.39 is 10.0 Å². The van der Waals surface area contributed by atoms with Crippen molar-refractivity contribution >= 4 is 44.3 Å². The highest BCUT2D eigenvalue weighted by molar-refractivity contribution is 7.89. The Labute approximate surface area is 194 Å². The predicted octanol–water partition coefficient (Wildman–Crippen LogP) is 4.52. The van der Waals surface area contributed by atoms with Gasteiger partial charge in [0, 0.05) is 30.5 Å². The number of fused-ring (bicyclic) bond motifs is 1. The van der Waals surface area contributed by atoms with Crippen molar-refractivity contribution in [2.75, 3.05) is 30.8 Å². The molecule has 170 valence electrons. The lowest BCUT2D eigenvalue weighted by Gasteiger charge is -2.28. The van der Waals surface area contributed by atoms with E-state index in [0.717, 1.165) is 48.9 Å². The number of hydrogen-bond donors (Lipinski definition) is 3. The maximum atomic E-state index is 12.5. The van der Waals surface area contributed by atoms with Gasteiger partial charge in [-0.05, 0) is 73.9 Å². The van der Waals surface area contributed by atoms with E-state index in [1.165, 1.54) is 12.1 Å². The summed E-state index contributed by atoms with van der Waals surface area (Å²) < 4.78 is 27.7. The van der Waals surface area contributed by atoms with E-state index in [1.54, 1.807) is 12.1 Å². The molecule has 0 aliphatic heterocycles. The molecule has 0 atom stereocenters. The molecule has 0 radical (unpaired) electrons. The molecule has 0 amide bonds. The van der Waals surface area contributed by atoms with Crippen LogP contribution in [0.5, 0.6) is 0 Å². The maximum absolute atomic E-state index is 12.5. The molecule has 1 aliphatic carbocycles. The number of nitrogens with one attached hydrogen (secondary N) is 3. The minimum atomic E-state index is -3.50. The lowest BCUT2D eigenvalue weighted by molar-refractivity contribution is 0.284. The molecule has 4 rings (SSSR count). The normalized spacial score (nSPS) is 19.1. The zero-order valence-corrected chi connectivity index (χ0v) is 19.6. The summed E-state index contributed by atoms with van der Waals surface area (Å²) in [6.45, 7) is 1.27. The first-order valence-corrected chi connectivity index (χ1v) is 12.7. The van der Waals surface area contributed by atoms with Gasteiger partial charge in [0.2, 0.25) is 16.0 Å². The van der Waals surface area contributed by atoms with Crippen LogP contribution < -0.4 is 15.4 Å². The van der Waals surface area contributed by atoms with Gasteiger partial charge in [-0.1, -0.05) is 23.7 Å². The van der Waals surface area contributed by atoms with Crippen molar-refractivity contribution in [3.63, 3.8) is 0 Å². The Hall–Kier alpha value is -2.42. The second-order valence-corrected chi connectivity index (χ2v) is 10.4. The number of nitrogens with zero attached hydrogens (tertiary/aromatic N) is 2. The molecule has 32 heavy (non-hydrogen) atoms. The highest BCUT2D eigenvalue weighted by Gasteiger charge is 2.23. The Balaban J connectivity index is 1.26. The maximum Gasteiger partial charge on any atom is 0.240 e. The number of benzene rings is 2. The van der Waals surface area contributed by atoms with Crippen molar-refractivity contribution in [2.24, 2.45) is 11.8 Å². The summed E-state index contributed by atoms with van der Waals surface area (Å²) in [5.41, 5.74) is 0.908. The quantitative estimate of drug-likeness (QED) is 0.445. The molecular weight excluding hydrogens is 446 g/mol. The van der Waals surface area contributed by atoms with Crippen LogP contribution in [-0.4, -0.2) is 38.5 Å². The van der Waals surface area contributed by atoms with Gasteiger partial charge >= 0.3 is 0 Å². The van der Waals surface area contributed by atoms with Gasteiger partial charge in [0.15, 0.2) is 0 Å².